The number of hydrogen-bond donors (Lipinski definition) is 1. The maximum absolute atomic E-state index is 6.06. The largest absolute Gasteiger partial charge is 0.368 e. The molecule has 0 bridgehead atoms. The van der Waals surface area contributed by atoms with Gasteiger partial charge in [-0.2, -0.15) is 5.10 Å². The highest BCUT2D eigenvalue weighted by Crippen LogP contribution is 2.32. The second kappa shape index (κ2) is 6.22. The molecule has 2 atom stereocenters. The zero-order valence-corrected chi connectivity index (χ0v) is 13.5. The molecule has 1 fully saturated rings. The van der Waals surface area contributed by atoms with Crippen LogP contribution in [-0.2, 0) is 0 Å². The number of anilines is 1. The van der Waals surface area contributed by atoms with Gasteiger partial charge in [-0.15, -0.1) is 11.6 Å². The Balaban J connectivity index is 1.77. The van der Waals surface area contributed by atoms with E-state index in [0.717, 1.165) is 29.5 Å². The molecule has 0 aliphatic heterocycles. The summed E-state index contributed by atoms with van der Waals surface area (Å²) in [7, 11) is 0. The molecule has 21 heavy (non-hydrogen) atoms. The third-order valence-electron chi connectivity index (χ3n) is 4.55. The van der Waals surface area contributed by atoms with Crippen LogP contribution in [-0.4, -0.2) is 27.0 Å². The molecule has 2 aromatic rings. The SMILES string of the molecule is CC(C)c1cc2c(NCC3CCCC3CCl)nccn2n1. The van der Waals surface area contributed by atoms with Crippen molar-refractivity contribution in [3.63, 3.8) is 0 Å². The van der Waals surface area contributed by atoms with Gasteiger partial charge in [0.25, 0.3) is 0 Å². The van der Waals surface area contributed by atoms with E-state index >= 15 is 0 Å². The summed E-state index contributed by atoms with van der Waals surface area (Å²) in [5.41, 5.74) is 2.16. The monoisotopic (exact) mass is 306 g/mol. The number of alkyl halides is 1. The summed E-state index contributed by atoms with van der Waals surface area (Å²) >= 11 is 6.06. The highest BCUT2D eigenvalue weighted by molar-refractivity contribution is 6.18. The molecule has 0 saturated heterocycles. The fourth-order valence-corrected chi connectivity index (χ4v) is 3.58. The highest BCUT2D eigenvalue weighted by Gasteiger charge is 2.26. The normalized spacial score (nSPS) is 22.3. The molecule has 1 aliphatic rings. The molecule has 2 heterocycles. The number of fused-ring (bicyclic) bond motifs is 1. The Hall–Kier alpha value is -1.29. The van der Waals surface area contributed by atoms with Crippen LogP contribution in [0.25, 0.3) is 5.52 Å². The van der Waals surface area contributed by atoms with Crippen LogP contribution in [0.1, 0.15) is 44.7 Å². The topological polar surface area (TPSA) is 42.2 Å². The number of aromatic nitrogens is 3. The van der Waals surface area contributed by atoms with Crippen molar-refractivity contribution in [2.45, 2.75) is 39.0 Å². The molecule has 2 aromatic heterocycles. The molecule has 114 valence electrons. The molecular formula is C16H23ClN4. The average molecular weight is 307 g/mol. The third kappa shape index (κ3) is 3.00. The number of halogens is 1. The summed E-state index contributed by atoms with van der Waals surface area (Å²) in [5.74, 6) is 3.44. The maximum atomic E-state index is 6.06. The standard InChI is InChI=1S/C16H23ClN4/c1-11(2)14-8-15-16(18-6-7-21(15)20-14)19-10-13-5-3-4-12(13)9-17/h6-8,11-13H,3-5,9-10H2,1-2H3,(H,18,19). The van der Waals surface area contributed by atoms with Crippen molar-refractivity contribution in [2.75, 3.05) is 17.7 Å². The molecule has 0 amide bonds. The van der Waals surface area contributed by atoms with E-state index in [4.69, 9.17) is 11.6 Å². The fourth-order valence-electron chi connectivity index (χ4n) is 3.17. The van der Waals surface area contributed by atoms with Crippen LogP contribution in [0, 0.1) is 11.8 Å². The van der Waals surface area contributed by atoms with Crippen LogP contribution in [0.15, 0.2) is 18.5 Å². The minimum atomic E-state index is 0.424. The van der Waals surface area contributed by atoms with Crippen molar-refractivity contribution in [1.82, 2.24) is 14.6 Å². The van der Waals surface area contributed by atoms with Gasteiger partial charge in [0.15, 0.2) is 5.82 Å². The summed E-state index contributed by atoms with van der Waals surface area (Å²) in [6.45, 7) is 5.27. The van der Waals surface area contributed by atoms with E-state index in [-0.39, 0.29) is 0 Å². The van der Waals surface area contributed by atoms with Crippen LogP contribution in [0.3, 0.4) is 0 Å². The van der Waals surface area contributed by atoms with Gasteiger partial charge in [-0.3, -0.25) is 0 Å². The molecule has 0 radical (unpaired) electrons. The van der Waals surface area contributed by atoms with Crippen molar-refractivity contribution < 1.29 is 0 Å². The van der Waals surface area contributed by atoms with Crippen LogP contribution < -0.4 is 5.32 Å². The Kier molecular flexibility index (Phi) is 4.34. The molecular weight excluding hydrogens is 284 g/mol. The highest BCUT2D eigenvalue weighted by atomic mass is 35.5. The summed E-state index contributed by atoms with van der Waals surface area (Å²) in [5, 5.41) is 8.11. The van der Waals surface area contributed by atoms with E-state index < -0.39 is 0 Å². The zero-order chi connectivity index (χ0) is 14.8. The lowest BCUT2D eigenvalue weighted by molar-refractivity contribution is 0.444. The Bertz CT molecular complexity index is 607. The first-order valence-electron chi connectivity index (χ1n) is 7.83. The summed E-state index contributed by atoms with van der Waals surface area (Å²) < 4.78 is 1.92. The fraction of sp³-hybridized carbons (Fsp3) is 0.625. The minimum Gasteiger partial charge on any atom is -0.368 e. The van der Waals surface area contributed by atoms with Gasteiger partial charge in [0.2, 0.25) is 0 Å². The van der Waals surface area contributed by atoms with E-state index in [9.17, 15) is 0 Å². The Morgan fingerprint density at radius 1 is 1.38 bits per heavy atom. The van der Waals surface area contributed by atoms with Crippen LogP contribution >= 0.6 is 11.6 Å². The average Bonchev–Trinajstić information content (AvgIpc) is 3.11. The third-order valence-corrected chi connectivity index (χ3v) is 4.94. The Labute approximate surface area is 130 Å². The Morgan fingerprint density at radius 2 is 2.19 bits per heavy atom. The second-order valence-corrected chi connectivity index (χ2v) is 6.62. The number of hydrogen-bond acceptors (Lipinski definition) is 3. The van der Waals surface area contributed by atoms with Gasteiger partial charge in [-0.1, -0.05) is 20.3 Å². The molecule has 3 rings (SSSR count). The van der Waals surface area contributed by atoms with E-state index in [1.54, 1.807) is 6.20 Å². The predicted molar refractivity (Wildman–Crippen MR) is 87.1 cm³/mol. The lowest BCUT2D eigenvalue weighted by atomic mass is 9.98. The van der Waals surface area contributed by atoms with Gasteiger partial charge >= 0.3 is 0 Å². The van der Waals surface area contributed by atoms with E-state index in [1.165, 1.54) is 19.3 Å². The van der Waals surface area contributed by atoms with Crippen molar-refractivity contribution in [2.24, 2.45) is 11.8 Å². The van der Waals surface area contributed by atoms with Gasteiger partial charge < -0.3 is 5.32 Å². The van der Waals surface area contributed by atoms with Crippen molar-refractivity contribution >= 4 is 22.9 Å². The van der Waals surface area contributed by atoms with E-state index in [2.05, 4.69) is 35.3 Å². The second-order valence-electron chi connectivity index (χ2n) is 6.32. The van der Waals surface area contributed by atoms with E-state index in [0.29, 0.717) is 17.8 Å². The van der Waals surface area contributed by atoms with Crippen molar-refractivity contribution in [3.05, 3.63) is 24.2 Å². The number of nitrogens with one attached hydrogen (secondary N) is 1. The maximum Gasteiger partial charge on any atom is 0.152 e. The summed E-state index contributed by atoms with van der Waals surface area (Å²) in [6, 6.07) is 2.13. The first-order valence-corrected chi connectivity index (χ1v) is 8.36. The predicted octanol–water partition coefficient (Wildman–Crippen LogP) is 3.92. The molecule has 5 heteroatoms. The quantitative estimate of drug-likeness (QED) is 0.851. The van der Waals surface area contributed by atoms with Gasteiger partial charge in [-0.05, 0) is 36.7 Å². The summed E-state index contributed by atoms with van der Waals surface area (Å²) in [4.78, 5) is 4.49. The van der Waals surface area contributed by atoms with Gasteiger partial charge in [0.05, 0.1) is 5.69 Å². The van der Waals surface area contributed by atoms with Crippen LogP contribution in [0.5, 0.6) is 0 Å². The number of nitrogens with zero attached hydrogens (tertiary/aromatic N) is 3. The first kappa shape index (κ1) is 14.6. The minimum absolute atomic E-state index is 0.424. The molecule has 2 unspecified atom stereocenters. The lowest BCUT2D eigenvalue weighted by Gasteiger charge is -2.18. The van der Waals surface area contributed by atoms with Crippen molar-refractivity contribution in [3.8, 4) is 0 Å². The Morgan fingerprint density at radius 3 is 2.95 bits per heavy atom. The summed E-state index contributed by atoms with van der Waals surface area (Å²) in [6.07, 6.45) is 7.54. The number of rotatable bonds is 5. The first-order chi connectivity index (χ1) is 10.2. The molecule has 1 N–H and O–H groups in total. The molecule has 0 aromatic carbocycles. The molecule has 1 aliphatic carbocycles. The van der Waals surface area contributed by atoms with Gasteiger partial charge in [0.1, 0.15) is 5.52 Å². The molecule has 4 nitrogen and oxygen atoms in total. The molecule has 0 spiro atoms. The van der Waals surface area contributed by atoms with E-state index in [1.807, 2.05) is 10.7 Å². The van der Waals surface area contributed by atoms with Gasteiger partial charge in [0, 0.05) is 24.8 Å². The lowest BCUT2D eigenvalue weighted by Crippen LogP contribution is -2.20. The van der Waals surface area contributed by atoms with Crippen LogP contribution in [0.2, 0.25) is 0 Å². The van der Waals surface area contributed by atoms with Crippen molar-refractivity contribution in [1.29, 1.82) is 0 Å². The van der Waals surface area contributed by atoms with Crippen LogP contribution in [0.4, 0.5) is 5.82 Å². The molecule has 1 saturated carbocycles. The smallest absolute Gasteiger partial charge is 0.152 e. The zero-order valence-electron chi connectivity index (χ0n) is 12.7. The van der Waals surface area contributed by atoms with Gasteiger partial charge in [-0.25, -0.2) is 9.50 Å².